The van der Waals surface area contributed by atoms with Gasteiger partial charge in [-0.15, -0.1) is 0 Å². The van der Waals surface area contributed by atoms with Gasteiger partial charge in [-0.1, -0.05) is 0 Å². The molecule has 2 aliphatic rings. The molecule has 1 saturated carbocycles. The predicted octanol–water partition coefficient (Wildman–Crippen LogP) is 3.04. The van der Waals surface area contributed by atoms with E-state index in [4.69, 9.17) is 14.2 Å². The zero-order valence-electron chi connectivity index (χ0n) is 15.1. The summed E-state index contributed by atoms with van der Waals surface area (Å²) in [6.45, 7) is 6.70. The van der Waals surface area contributed by atoms with Crippen molar-refractivity contribution in [1.82, 2.24) is 5.32 Å². The first-order chi connectivity index (χ1) is 12.3. The highest BCUT2D eigenvalue weighted by atomic mass is 16.5. The van der Waals surface area contributed by atoms with Crippen LogP contribution >= 0.6 is 0 Å². The third kappa shape index (κ3) is 6.12. The van der Waals surface area contributed by atoms with E-state index < -0.39 is 0 Å². The molecule has 0 radical (unpaired) electrons. The number of rotatable bonds is 8. The minimum atomic E-state index is 0.686. The molecule has 6 nitrogen and oxygen atoms in total. The van der Waals surface area contributed by atoms with Crippen molar-refractivity contribution in [1.29, 1.82) is 0 Å². The van der Waals surface area contributed by atoms with Crippen LogP contribution in [0, 0.1) is 5.92 Å². The number of guanidine groups is 1. The first-order valence-corrected chi connectivity index (χ1v) is 9.38. The SMILES string of the molecule is CCNC(=NCCCOCC1CC1)Nc1ccc2c(c1)OCCCO2. The van der Waals surface area contributed by atoms with Gasteiger partial charge in [-0.25, -0.2) is 0 Å². The van der Waals surface area contributed by atoms with Crippen LogP contribution in [0.5, 0.6) is 11.5 Å². The van der Waals surface area contributed by atoms with Gasteiger partial charge in [0.1, 0.15) is 0 Å². The average Bonchev–Trinajstić information content (AvgIpc) is 3.44. The number of nitrogens with one attached hydrogen (secondary N) is 2. The van der Waals surface area contributed by atoms with Crippen molar-refractivity contribution in [3.8, 4) is 11.5 Å². The molecule has 0 amide bonds. The Labute approximate surface area is 149 Å². The van der Waals surface area contributed by atoms with Crippen LogP contribution in [0.2, 0.25) is 0 Å². The largest absolute Gasteiger partial charge is 0.490 e. The lowest BCUT2D eigenvalue weighted by Crippen LogP contribution is -2.30. The second-order valence-corrected chi connectivity index (χ2v) is 6.47. The molecular formula is C19H29N3O3. The maximum Gasteiger partial charge on any atom is 0.195 e. The van der Waals surface area contributed by atoms with Gasteiger partial charge in [0.15, 0.2) is 17.5 Å². The highest BCUT2D eigenvalue weighted by Gasteiger charge is 2.20. The van der Waals surface area contributed by atoms with Crippen LogP contribution < -0.4 is 20.1 Å². The van der Waals surface area contributed by atoms with E-state index in [0.29, 0.717) is 13.2 Å². The topological polar surface area (TPSA) is 64.1 Å². The van der Waals surface area contributed by atoms with Crippen LogP contribution in [0.4, 0.5) is 5.69 Å². The summed E-state index contributed by atoms with van der Waals surface area (Å²) >= 11 is 0. The molecule has 3 rings (SSSR count). The van der Waals surface area contributed by atoms with Crippen molar-refractivity contribution >= 4 is 11.6 Å². The van der Waals surface area contributed by atoms with Gasteiger partial charge in [-0.05, 0) is 44.2 Å². The predicted molar refractivity (Wildman–Crippen MR) is 99.8 cm³/mol. The van der Waals surface area contributed by atoms with E-state index in [9.17, 15) is 0 Å². The number of anilines is 1. The lowest BCUT2D eigenvalue weighted by molar-refractivity contribution is 0.123. The van der Waals surface area contributed by atoms with Gasteiger partial charge < -0.3 is 24.8 Å². The fourth-order valence-electron chi connectivity index (χ4n) is 2.58. The molecule has 1 aromatic carbocycles. The fraction of sp³-hybridized carbons (Fsp3) is 0.632. The summed E-state index contributed by atoms with van der Waals surface area (Å²) in [6, 6.07) is 5.89. The summed E-state index contributed by atoms with van der Waals surface area (Å²) in [5.41, 5.74) is 0.939. The molecule has 1 aliphatic heterocycles. The molecule has 2 N–H and O–H groups in total. The molecule has 25 heavy (non-hydrogen) atoms. The van der Waals surface area contributed by atoms with E-state index in [1.807, 2.05) is 18.2 Å². The van der Waals surface area contributed by atoms with E-state index in [0.717, 1.165) is 68.2 Å². The fourth-order valence-corrected chi connectivity index (χ4v) is 2.58. The van der Waals surface area contributed by atoms with Crippen LogP contribution in [0.25, 0.3) is 0 Å². The average molecular weight is 347 g/mol. The van der Waals surface area contributed by atoms with Gasteiger partial charge in [-0.3, -0.25) is 4.99 Å². The van der Waals surface area contributed by atoms with Crippen molar-refractivity contribution in [3.63, 3.8) is 0 Å². The zero-order valence-corrected chi connectivity index (χ0v) is 15.1. The van der Waals surface area contributed by atoms with E-state index in [1.165, 1.54) is 12.8 Å². The Balaban J connectivity index is 1.49. The first-order valence-electron chi connectivity index (χ1n) is 9.38. The third-order valence-electron chi connectivity index (χ3n) is 4.12. The minimum Gasteiger partial charge on any atom is -0.490 e. The second-order valence-electron chi connectivity index (χ2n) is 6.47. The number of nitrogens with zero attached hydrogens (tertiary/aromatic N) is 1. The molecule has 0 bridgehead atoms. The monoisotopic (exact) mass is 347 g/mol. The van der Waals surface area contributed by atoms with Gasteiger partial charge >= 0.3 is 0 Å². The molecule has 1 aliphatic carbocycles. The number of hydrogen-bond acceptors (Lipinski definition) is 4. The van der Waals surface area contributed by atoms with Gasteiger partial charge in [-0.2, -0.15) is 0 Å². The van der Waals surface area contributed by atoms with Crippen molar-refractivity contribution in [3.05, 3.63) is 18.2 Å². The Hall–Kier alpha value is -1.95. The molecule has 0 saturated heterocycles. The Bertz CT molecular complexity index is 573. The third-order valence-corrected chi connectivity index (χ3v) is 4.12. The van der Waals surface area contributed by atoms with E-state index in [2.05, 4.69) is 22.5 Å². The van der Waals surface area contributed by atoms with E-state index >= 15 is 0 Å². The quantitative estimate of drug-likeness (QED) is 0.430. The molecule has 1 fully saturated rings. The highest BCUT2D eigenvalue weighted by Crippen LogP contribution is 2.32. The summed E-state index contributed by atoms with van der Waals surface area (Å²) in [5, 5.41) is 6.60. The minimum absolute atomic E-state index is 0.686. The molecule has 0 aromatic heterocycles. The van der Waals surface area contributed by atoms with Crippen molar-refractivity contribution in [2.45, 2.75) is 32.6 Å². The van der Waals surface area contributed by atoms with Crippen LogP contribution in [-0.4, -0.2) is 45.5 Å². The molecule has 0 spiro atoms. The summed E-state index contributed by atoms with van der Waals surface area (Å²) in [4.78, 5) is 4.61. The number of fused-ring (bicyclic) bond motifs is 1. The maximum absolute atomic E-state index is 5.74. The number of benzene rings is 1. The van der Waals surface area contributed by atoms with Crippen molar-refractivity contribution in [2.75, 3.05) is 44.8 Å². The van der Waals surface area contributed by atoms with Crippen LogP contribution in [-0.2, 0) is 4.74 Å². The molecule has 1 heterocycles. The van der Waals surface area contributed by atoms with Gasteiger partial charge in [0.05, 0.1) is 13.2 Å². The molecule has 0 atom stereocenters. The first kappa shape index (κ1) is 17.9. The normalized spacial score (nSPS) is 17.1. The van der Waals surface area contributed by atoms with E-state index in [1.54, 1.807) is 0 Å². The van der Waals surface area contributed by atoms with Crippen molar-refractivity contribution < 1.29 is 14.2 Å². The summed E-state index contributed by atoms with van der Waals surface area (Å²) in [7, 11) is 0. The van der Waals surface area contributed by atoms with Crippen molar-refractivity contribution in [2.24, 2.45) is 10.9 Å². The van der Waals surface area contributed by atoms with Gasteiger partial charge in [0, 0.05) is 44.5 Å². The van der Waals surface area contributed by atoms with Gasteiger partial charge in [0.25, 0.3) is 0 Å². The molecule has 6 heteroatoms. The van der Waals surface area contributed by atoms with Crippen LogP contribution in [0.1, 0.15) is 32.6 Å². The van der Waals surface area contributed by atoms with E-state index in [-0.39, 0.29) is 0 Å². The lowest BCUT2D eigenvalue weighted by atomic mass is 10.3. The number of aliphatic imine (C=N–C) groups is 1. The summed E-state index contributed by atoms with van der Waals surface area (Å²) in [5.74, 6) is 3.19. The zero-order chi connectivity index (χ0) is 17.3. The number of hydrogen-bond donors (Lipinski definition) is 2. The molecular weight excluding hydrogens is 318 g/mol. The summed E-state index contributed by atoms with van der Waals surface area (Å²) < 4.78 is 17.1. The Morgan fingerprint density at radius 2 is 2.08 bits per heavy atom. The van der Waals surface area contributed by atoms with Crippen LogP contribution in [0.15, 0.2) is 23.2 Å². The molecule has 1 aromatic rings. The second kappa shape index (κ2) is 9.51. The summed E-state index contributed by atoms with van der Waals surface area (Å²) in [6.07, 6.45) is 4.51. The molecule has 0 unspecified atom stereocenters. The smallest absolute Gasteiger partial charge is 0.195 e. The molecule has 138 valence electrons. The Kier molecular flexibility index (Phi) is 6.79. The highest BCUT2D eigenvalue weighted by molar-refractivity contribution is 5.93. The standard InChI is InChI=1S/C19H29N3O3/c1-2-20-19(21-9-3-10-23-14-15-5-6-15)22-16-7-8-17-18(13-16)25-12-4-11-24-17/h7-8,13,15H,2-6,9-12,14H2,1H3,(H2,20,21,22). The van der Waals surface area contributed by atoms with Gasteiger partial charge in [0.2, 0.25) is 0 Å². The maximum atomic E-state index is 5.74. The Morgan fingerprint density at radius 1 is 1.24 bits per heavy atom. The van der Waals surface area contributed by atoms with Crippen LogP contribution in [0.3, 0.4) is 0 Å². The lowest BCUT2D eigenvalue weighted by Gasteiger charge is -2.13. The number of ether oxygens (including phenoxy) is 3. The Morgan fingerprint density at radius 3 is 2.88 bits per heavy atom.